The van der Waals surface area contributed by atoms with E-state index in [1.807, 2.05) is 6.07 Å². The van der Waals surface area contributed by atoms with Crippen LogP contribution in [0.2, 0.25) is 0 Å². The summed E-state index contributed by atoms with van der Waals surface area (Å²) in [4.78, 5) is 19.0. The molecule has 1 unspecified atom stereocenters. The van der Waals surface area contributed by atoms with Crippen molar-refractivity contribution in [2.45, 2.75) is 39.2 Å². The van der Waals surface area contributed by atoms with Crippen molar-refractivity contribution in [2.75, 3.05) is 18.4 Å². The number of hydrogen-bond acceptors (Lipinski definition) is 3. The van der Waals surface area contributed by atoms with Crippen LogP contribution in [-0.2, 0) is 11.2 Å². The Balaban J connectivity index is 1.49. The second-order valence-electron chi connectivity index (χ2n) is 7.31. The topological polar surface area (TPSA) is 46.4 Å². The molecule has 2 heterocycles. The number of anilines is 1. The van der Waals surface area contributed by atoms with E-state index in [-0.39, 0.29) is 5.91 Å². The number of rotatable bonds is 5. The monoisotopic (exact) mass is 380 g/mol. The number of quaternary nitrogens is 1. The first-order valence-electron chi connectivity index (χ1n) is 9.74. The summed E-state index contributed by atoms with van der Waals surface area (Å²) in [6.45, 7) is 5.71. The summed E-state index contributed by atoms with van der Waals surface area (Å²) in [5, 5.41) is 4.35. The number of aryl methyl sites for hydroxylation is 2. The molecule has 0 aliphatic carbocycles. The molecule has 0 spiro atoms. The molecule has 1 aromatic heterocycles. The summed E-state index contributed by atoms with van der Waals surface area (Å²) >= 11 is 1.77. The molecule has 2 atom stereocenters. The summed E-state index contributed by atoms with van der Waals surface area (Å²) in [7, 11) is 0. The Morgan fingerprint density at radius 1 is 1.26 bits per heavy atom. The Morgan fingerprint density at radius 2 is 2.11 bits per heavy atom. The largest absolute Gasteiger partial charge is 0.321 e. The maximum Gasteiger partial charge on any atom is 0.279 e. The normalized spacial score (nSPS) is 19.5. The molecule has 0 radical (unpaired) electrons. The third kappa shape index (κ3) is 3.75. The molecule has 4 rings (SSSR count). The van der Waals surface area contributed by atoms with E-state index in [4.69, 9.17) is 4.98 Å². The van der Waals surface area contributed by atoms with E-state index in [0.29, 0.717) is 12.6 Å². The lowest BCUT2D eigenvalue weighted by Gasteiger charge is -2.20. The smallest absolute Gasteiger partial charge is 0.279 e. The van der Waals surface area contributed by atoms with Gasteiger partial charge in [-0.1, -0.05) is 37.3 Å². The number of nitrogens with zero attached hydrogens (tertiary/aromatic N) is 1. The fourth-order valence-corrected chi connectivity index (χ4v) is 5.21. The van der Waals surface area contributed by atoms with Crippen molar-refractivity contribution in [3.8, 4) is 0 Å². The van der Waals surface area contributed by atoms with E-state index in [1.54, 1.807) is 11.3 Å². The van der Waals surface area contributed by atoms with Crippen molar-refractivity contribution in [2.24, 2.45) is 0 Å². The van der Waals surface area contributed by atoms with Gasteiger partial charge in [-0.15, -0.1) is 11.3 Å². The van der Waals surface area contributed by atoms with E-state index < -0.39 is 0 Å². The molecular formula is C22H26N3OS+. The number of aromatic nitrogens is 1. The SMILES string of the molecule is CCc1cccc(C)c1NC(=O)C[NH+]1CCC[C@H]1c1nc2ccccc2s1. The lowest BCUT2D eigenvalue weighted by atomic mass is 10.1. The molecular weight excluding hydrogens is 354 g/mol. The molecule has 4 nitrogen and oxygen atoms in total. The number of para-hydroxylation sites is 2. The molecule has 5 heteroatoms. The van der Waals surface area contributed by atoms with Gasteiger partial charge in [0.05, 0.1) is 16.8 Å². The average Bonchev–Trinajstić information content (AvgIpc) is 3.29. The molecule has 3 aromatic rings. The number of thiazole rings is 1. The van der Waals surface area contributed by atoms with Gasteiger partial charge in [-0.3, -0.25) is 4.79 Å². The van der Waals surface area contributed by atoms with Crippen LogP contribution in [0.3, 0.4) is 0 Å². The first-order chi connectivity index (χ1) is 13.2. The third-order valence-electron chi connectivity index (χ3n) is 5.48. The molecule has 2 N–H and O–H groups in total. The van der Waals surface area contributed by atoms with Crippen LogP contribution in [0.25, 0.3) is 10.2 Å². The van der Waals surface area contributed by atoms with Crippen molar-refractivity contribution in [3.05, 3.63) is 58.6 Å². The molecule has 1 amide bonds. The zero-order chi connectivity index (χ0) is 18.8. The van der Waals surface area contributed by atoms with E-state index in [9.17, 15) is 4.79 Å². The highest BCUT2D eigenvalue weighted by atomic mass is 32.1. The Hall–Kier alpha value is -2.24. The van der Waals surface area contributed by atoms with E-state index >= 15 is 0 Å². The molecule has 0 bridgehead atoms. The van der Waals surface area contributed by atoms with Gasteiger partial charge in [0.25, 0.3) is 5.91 Å². The first kappa shape index (κ1) is 18.1. The molecule has 1 aliphatic heterocycles. The number of carbonyl (C=O) groups is 1. The Bertz CT molecular complexity index is 932. The Kier molecular flexibility index (Phi) is 5.23. The van der Waals surface area contributed by atoms with Crippen LogP contribution in [0.15, 0.2) is 42.5 Å². The number of fused-ring (bicyclic) bond motifs is 1. The standard InChI is InChI=1S/C22H25N3OS/c1-3-16-9-6-8-15(2)21(16)24-20(26)14-25-13-7-11-18(25)22-23-17-10-4-5-12-19(17)27-22/h4-6,8-10,12,18H,3,7,11,13-14H2,1-2H3,(H,24,26)/p+1/t18-/m0/s1. The minimum absolute atomic E-state index is 0.0991. The summed E-state index contributed by atoms with van der Waals surface area (Å²) in [5.41, 5.74) is 4.38. The highest BCUT2D eigenvalue weighted by molar-refractivity contribution is 7.18. The van der Waals surface area contributed by atoms with Gasteiger partial charge in [0, 0.05) is 18.5 Å². The predicted octanol–water partition coefficient (Wildman–Crippen LogP) is 3.53. The lowest BCUT2D eigenvalue weighted by Crippen LogP contribution is -3.11. The van der Waals surface area contributed by atoms with Gasteiger partial charge in [0.15, 0.2) is 11.6 Å². The Morgan fingerprint density at radius 3 is 2.93 bits per heavy atom. The number of benzene rings is 2. The van der Waals surface area contributed by atoms with Crippen LogP contribution in [0.4, 0.5) is 5.69 Å². The van der Waals surface area contributed by atoms with Gasteiger partial charge >= 0.3 is 0 Å². The van der Waals surface area contributed by atoms with Crippen molar-refractivity contribution in [3.63, 3.8) is 0 Å². The highest BCUT2D eigenvalue weighted by Gasteiger charge is 2.34. The van der Waals surface area contributed by atoms with Gasteiger partial charge in [-0.05, 0) is 36.6 Å². The highest BCUT2D eigenvalue weighted by Crippen LogP contribution is 2.28. The van der Waals surface area contributed by atoms with Crippen LogP contribution in [0.5, 0.6) is 0 Å². The first-order valence-corrected chi connectivity index (χ1v) is 10.6. The van der Waals surface area contributed by atoms with Crippen LogP contribution < -0.4 is 10.2 Å². The zero-order valence-corrected chi connectivity index (χ0v) is 16.7. The van der Waals surface area contributed by atoms with Gasteiger partial charge in [-0.25, -0.2) is 4.98 Å². The van der Waals surface area contributed by atoms with Gasteiger partial charge < -0.3 is 10.2 Å². The number of carbonyl (C=O) groups excluding carboxylic acids is 1. The van der Waals surface area contributed by atoms with E-state index in [0.717, 1.165) is 42.6 Å². The van der Waals surface area contributed by atoms with Crippen LogP contribution >= 0.6 is 11.3 Å². The lowest BCUT2D eigenvalue weighted by molar-refractivity contribution is -0.910. The molecule has 27 heavy (non-hydrogen) atoms. The number of amides is 1. The molecule has 0 saturated carbocycles. The summed E-state index contributed by atoms with van der Waals surface area (Å²) in [6.07, 6.45) is 3.17. The molecule has 1 fully saturated rings. The van der Waals surface area contributed by atoms with Crippen molar-refractivity contribution in [1.82, 2.24) is 4.98 Å². The number of likely N-dealkylation sites (tertiary alicyclic amines) is 1. The second-order valence-corrected chi connectivity index (χ2v) is 8.37. The van der Waals surface area contributed by atoms with Crippen LogP contribution in [-0.4, -0.2) is 24.0 Å². The summed E-state index contributed by atoms with van der Waals surface area (Å²) in [6, 6.07) is 14.8. The van der Waals surface area contributed by atoms with Gasteiger partial charge in [0.2, 0.25) is 0 Å². The second kappa shape index (κ2) is 7.79. The summed E-state index contributed by atoms with van der Waals surface area (Å²) < 4.78 is 1.23. The fourth-order valence-electron chi connectivity index (χ4n) is 4.05. The van der Waals surface area contributed by atoms with Gasteiger partial charge in [-0.2, -0.15) is 0 Å². The summed E-state index contributed by atoms with van der Waals surface area (Å²) in [5.74, 6) is 0.0991. The number of nitrogens with one attached hydrogen (secondary N) is 2. The van der Waals surface area contributed by atoms with Crippen LogP contribution in [0, 0.1) is 6.92 Å². The van der Waals surface area contributed by atoms with E-state index in [2.05, 4.69) is 55.6 Å². The van der Waals surface area contributed by atoms with Crippen LogP contribution in [0.1, 0.15) is 41.9 Å². The minimum Gasteiger partial charge on any atom is -0.321 e. The molecule has 140 valence electrons. The van der Waals surface area contributed by atoms with Gasteiger partial charge in [0.1, 0.15) is 6.04 Å². The maximum absolute atomic E-state index is 12.8. The quantitative estimate of drug-likeness (QED) is 0.711. The third-order valence-corrected chi connectivity index (χ3v) is 6.63. The predicted molar refractivity (Wildman–Crippen MR) is 111 cm³/mol. The minimum atomic E-state index is 0.0991. The fraction of sp³-hybridized carbons (Fsp3) is 0.364. The molecule has 1 saturated heterocycles. The van der Waals surface area contributed by atoms with Crippen molar-refractivity contribution in [1.29, 1.82) is 0 Å². The van der Waals surface area contributed by atoms with E-state index in [1.165, 1.54) is 20.2 Å². The zero-order valence-electron chi connectivity index (χ0n) is 15.9. The maximum atomic E-state index is 12.8. The average molecular weight is 381 g/mol. The Labute approximate surface area is 164 Å². The molecule has 1 aliphatic rings. The van der Waals surface area contributed by atoms with Crippen molar-refractivity contribution >= 4 is 33.1 Å². The molecule has 2 aromatic carbocycles. The van der Waals surface area contributed by atoms with Crippen molar-refractivity contribution < 1.29 is 9.69 Å². The number of hydrogen-bond donors (Lipinski definition) is 2.